The molecule has 1 aromatic heterocycles. The van der Waals surface area contributed by atoms with Crippen molar-refractivity contribution in [3.8, 4) is 5.75 Å². The Morgan fingerprint density at radius 2 is 2.18 bits per heavy atom. The maximum absolute atomic E-state index is 6.21. The zero-order valence-electron chi connectivity index (χ0n) is 9.72. The Balaban J connectivity index is 2.46. The van der Waals surface area contributed by atoms with Gasteiger partial charge in [-0.2, -0.15) is 5.10 Å². The highest BCUT2D eigenvalue weighted by atomic mass is 35.5. The molecule has 90 valence electrons. The van der Waals surface area contributed by atoms with Crippen LogP contribution in [-0.4, -0.2) is 16.9 Å². The number of ether oxygens (including phenoxy) is 1. The molecule has 0 radical (unpaired) electrons. The summed E-state index contributed by atoms with van der Waals surface area (Å²) in [6.45, 7) is 0. The molecule has 4 nitrogen and oxygen atoms in total. The molecule has 1 unspecified atom stereocenters. The predicted octanol–water partition coefficient (Wildman–Crippen LogP) is 2.13. The van der Waals surface area contributed by atoms with Crippen molar-refractivity contribution in [1.82, 2.24) is 9.78 Å². The number of hydrogen-bond donors (Lipinski definition) is 1. The standard InChI is InChI=1S/C12H14ClN3O/c1-16-10(5-6-15-16)12(14)9-7-8(13)3-4-11(9)17-2/h3-7,12H,14H2,1-2H3. The Hall–Kier alpha value is -1.52. The summed E-state index contributed by atoms with van der Waals surface area (Å²) in [5.41, 5.74) is 7.97. The Morgan fingerprint density at radius 3 is 2.76 bits per heavy atom. The third kappa shape index (κ3) is 2.28. The highest BCUT2D eigenvalue weighted by Gasteiger charge is 2.17. The van der Waals surface area contributed by atoms with E-state index in [9.17, 15) is 0 Å². The fourth-order valence-corrected chi connectivity index (χ4v) is 1.98. The number of rotatable bonds is 3. The van der Waals surface area contributed by atoms with Crippen LogP contribution in [0.1, 0.15) is 17.3 Å². The Labute approximate surface area is 105 Å². The first-order valence-electron chi connectivity index (χ1n) is 5.20. The van der Waals surface area contributed by atoms with Crippen molar-refractivity contribution in [2.24, 2.45) is 12.8 Å². The molecule has 0 spiro atoms. The van der Waals surface area contributed by atoms with Crippen LogP contribution in [0.25, 0.3) is 0 Å². The monoisotopic (exact) mass is 251 g/mol. The summed E-state index contributed by atoms with van der Waals surface area (Å²) in [5.74, 6) is 0.725. The van der Waals surface area contributed by atoms with Gasteiger partial charge in [0.15, 0.2) is 0 Å². The van der Waals surface area contributed by atoms with Crippen LogP contribution in [0.2, 0.25) is 5.02 Å². The summed E-state index contributed by atoms with van der Waals surface area (Å²) in [6.07, 6.45) is 1.71. The second-order valence-electron chi connectivity index (χ2n) is 3.74. The largest absolute Gasteiger partial charge is 0.496 e. The van der Waals surface area contributed by atoms with Crippen LogP contribution in [0.5, 0.6) is 5.75 Å². The fourth-order valence-electron chi connectivity index (χ4n) is 1.80. The van der Waals surface area contributed by atoms with Crippen LogP contribution in [-0.2, 0) is 7.05 Å². The molecule has 0 bridgehead atoms. The lowest BCUT2D eigenvalue weighted by Gasteiger charge is -2.16. The van der Waals surface area contributed by atoms with Crippen molar-refractivity contribution in [2.45, 2.75) is 6.04 Å². The van der Waals surface area contributed by atoms with Gasteiger partial charge in [-0.15, -0.1) is 0 Å². The van der Waals surface area contributed by atoms with Crippen LogP contribution in [0.3, 0.4) is 0 Å². The van der Waals surface area contributed by atoms with Gasteiger partial charge in [-0.25, -0.2) is 0 Å². The highest BCUT2D eigenvalue weighted by molar-refractivity contribution is 6.30. The smallest absolute Gasteiger partial charge is 0.124 e. The number of aryl methyl sites for hydroxylation is 1. The molecule has 1 heterocycles. The quantitative estimate of drug-likeness (QED) is 0.909. The lowest BCUT2D eigenvalue weighted by molar-refractivity contribution is 0.407. The van der Waals surface area contributed by atoms with Gasteiger partial charge < -0.3 is 10.5 Å². The molecule has 0 aliphatic heterocycles. The highest BCUT2D eigenvalue weighted by Crippen LogP contribution is 2.30. The molecule has 0 saturated carbocycles. The summed E-state index contributed by atoms with van der Waals surface area (Å²) in [6, 6.07) is 6.98. The topological polar surface area (TPSA) is 53.1 Å². The summed E-state index contributed by atoms with van der Waals surface area (Å²) >= 11 is 5.99. The van der Waals surface area contributed by atoms with E-state index in [2.05, 4.69) is 5.10 Å². The van der Waals surface area contributed by atoms with E-state index in [4.69, 9.17) is 22.1 Å². The summed E-state index contributed by atoms with van der Waals surface area (Å²) in [5, 5.41) is 4.74. The number of aromatic nitrogens is 2. The van der Waals surface area contributed by atoms with Crippen molar-refractivity contribution in [1.29, 1.82) is 0 Å². The molecule has 0 aliphatic carbocycles. The maximum atomic E-state index is 6.21. The van der Waals surface area contributed by atoms with E-state index in [0.717, 1.165) is 17.0 Å². The van der Waals surface area contributed by atoms with E-state index in [0.29, 0.717) is 5.02 Å². The Kier molecular flexibility index (Phi) is 3.36. The van der Waals surface area contributed by atoms with Crippen molar-refractivity contribution in [2.75, 3.05) is 7.11 Å². The molecule has 2 N–H and O–H groups in total. The van der Waals surface area contributed by atoms with Gasteiger partial charge in [0.1, 0.15) is 5.75 Å². The first-order chi connectivity index (χ1) is 8.13. The van der Waals surface area contributed by atoms with Gasteiger partial charge in [0, 0.05) is 23.8 Å². The van der Waals surface area contributed by atoms with Gasteiger partial charge in [0.2, 0.25) is 0 Å². The van der Waals surface area contributed by atoms with Crippen molar-refractivity contribution in [3.05, 3.63) is 46.7 Å². The average Bonchev–Trinajstić information content (AvgIpc) is 2.74. The number of nitrogens with two attached hydrogens (primary N) is 1. The second-order valence-corrected chi connectivity index (χ2v) is 4.18. The number of benzene rings is 1. The van der Waals surface area contributed by atoms with Crippen LogP contribution >= 0.6 is 11.6 Å². The summed E-state index contributed by atoms with van der Waals surface area (Å²) in [4.78, 5) is 0. The number of hydrogen-bond acceptors (Lipinski definition) is 3. The Morgan fingerprint density at radius 1 is 1.41 bits per heavy atom. The average molecular weight is 252 g/mol. The van der Waals surface area contributed by atoms with Gasteiger partial charge in [-0.3, -0.25) is 4.68 Å². The Bertz CT molecular complexity index is 524. The maximum Gasteiger partial charge on any atom is 0.124 e. The lowest BCUT2D eigenvalue weighted by atomic mass is 10.0. The third-order valence-corrected chi connectivity index (χ3v) is 2.94. The van der Waals surface area contributed by atoms with Crippen molar-refractivity contribution < 1.29 is 4.74 Å². The minimum Gasteiger partial charge on any atom is -0.496 e. The first kappa shape index (κ1) is 12.0. The zero-order chi connectivity index (χ0) is 12.4. The normalized spacial score (nSPS) is 12.5. The van der Waals surface area contributed by atoms with E-state index in [1.165, 1.54) is 0 Å². The fraction of sp³-hybridized carbons (Fsp3) is 0.250. The van der Waals surface area contributed by atoms with E-state index in [-0.39, 0.29) is 6.04 Å². The van der Waals surface area contributed by atoms with Crippen LogP contribution in [0, 0.1) is 0 Å². The number of methoxy groups -OCH3 is 1. The summed E-state index contributed by atoms with van der Waals surface area (Å²) < 4.78 is 7.03. The molecule has 5 heteroatoms. The van der Waals surface area contributed by atoms with Crippen molar-refractivity contribution >= 4 is 11.6 Å². The van der Waals surface area contributed by atoms with E-state index in [1.807, 2.05) is 25.2 Å². The van der Waals surface area contributed by atoms with Gasteiger partial charge in [-0.1, -0.05) is 11.6 Å². The van der Waals surface area contributed by atoms with Crippen LogP contribution in [0.15, 0.2) is 30.5 Å². The van der Waals surface area contributed by atoms with Gasteiger partial charge >= 0.3 is 0 Å². The lowest BCUT2D eigenvalue weighted by Crippen LogP contribution is -2.16. The van der Waals surface area contributed by atoms with E-state index < -0.39 is 0 Å². The molecule has 17 heavy (non-hydrogen) atoms. The zero-order valence-corrected chi connectivity index (χ0v) is 10.5. The van der Waals surface area contributed by atoms with Gasteiger partial charge in [0.05, 0.1) is 18.8 Å². The van der Waals surface area contributed by atoms with Crippen molar-refractivity contribution in [3.63, 3.8) is 0 Å². The minimum absolute atomic E-state index is 0.309. The molecule has 2 aromatic rings. The minimum atomic E-state index is -0.309. The van der Waals surface area contributed by atoms with Crippen LogP contribution in [0.4, 0.5) is 0 Å². The van der Waals surface area contributed by atoms with Crippen LogP contribution < -0.4 is 10.5 Å². The predicted molar refractivity (Wildman–Crippen MR) is 67.2 cm³/mol. The number of nitrogens with zero attached hydrogens (tertiary/aromatic N) is 2. The van der Waals surface area contributed by atoms with E-state index >= 15 is 0 Å². The molecule has 1 atom stereocenters. The molecular weight excluding hydrogens is 238 g/mol. The molecule has 0 amide bonds. The molecule has 1 aromatic carbocycles. The third-order valence-electron chi connectivity index (χ3n) is 2.70. The van der Waals surface area contributed by atoms with Gasteiger partial charge in [-0.05, 0) is 24.3 Å². The molecule has 0 aliphatic rings. The first-order valence-corrected chi connectivity index (χ1v) is 5.58. The molecule has 2 rings (SSSR count). The SMILES string of the molecule is COc1ccc(Cl)cc1C(N)c1ccnn1C. The molecule has 0 saturated heterocycles. The molecular formula is C12H14ClN3O. The van der Waals surface area contributed by atoms with Gasteiger partial charge in [0.25, 0.3) is 0 Å². The molecule has 0 fully saturated rings. The number of halogens is 1. The van der Waals surface area contributed by atoms with E-state index in [1.54, 1.807) is 24.1 Å². The summed E-state index contributed by atoms with van der Waals surface area (Å²) in [7, 11) is 3.47. The second kappa shape index (κ2) is 4.77.